The summed E-state index contributed by atoms with van der Waals surface area (Å²) in [7, 11) is 0. The van der Waals surface area contributed by atoms with Gasteiger partial charge in [0.1, 0.15) is 12.2 Å². The Morgan fingerprint density at radius 1 is 1.57 bits per heavy atom. The van der Waals surface area contributed by atoms with Crippen LogP contribution in [0.15, 0.2) is 0 Å². The van der Waals surface area contributed by atoms with Crippen LogP contribution in [0.1, 0.15) is 19.3 Å². The van der Waals surface area contributed by atoms with Gasteiger partial charge in [-0.3, -0.25) is 4.79 Å². The molecule has 3 nitrogen and oxygen atoms in total. The Morgan fingerprint density at radius 2 is 2.14 bits per heavy atom. The third-order valence-electron chi connectivity index (χ3n) is 2.57. The minimum absolute atomic E-state index is 0.0154. The molecule has 0 saturated carbocycles. The number of rotatable bonds is 4. The number of carbonyl (C=O) groups is 1. The van der Waals surface area contributed by atoms with Gasteiger partial charge >= 0.3 is 5.97 Å². The fourth-order valence-electron chi connectivity index (χ4n) is 1.61. The van der Waals surface area contributed by atoms with Gasteiger partial charge in [-0.05, 0) is 30.3 Å². The summed E-state index contributed by atoms with van der Waals surface area (Å²) in [5, 5.41) is 8.53. The maximum Gasteiger partial charge on any atom is 0.320 e. The van der Waals surface area contributed by atoms with Crippen molar-refractivity contribution in [3.63, 3.8) is 0 Å². The molecule has 2 atom stereocenters. The van der Waals surface area contributed by atoms with Gasteiger partial charge in [-0.1, -0.05) is 0 Å². The van der Waals surface area contributed by atoms with Crippen molar-refractivity contribution in [2.24, 2.45) is 11.7 Å². The van der Waals surface area contributed by atoms with Crippen molar-refractivity contribution in [1.82, 2.24) is 0 Å². The second-order valence-corrected chi connectivity index (χ2v) is 4.87. The van der Waals surface area contributed by atoms with E-state index in [0.717, 1.165) is 24.3 Å². The predicted molar refractivity (Wildman–Crippen MR) is 55.2 cm³/mol. The van der Waals surface area contributed by atoms with Crippen LogP contribution in [0.4, 0.5) is 4.39 Å². The number of carboxylic acid groups (broad SMARTS) is 1. The highest BCUT2D eigenvalue weighted by Crippen LogP contribution is 2.28. The number of hydrogen-bond donors (Lipinski definition) is 2. The smallest absolute Gasteiger partial charge is 0.320 e. The van der Waals surface area contributed by atoms with Crippen LogP contribution in [-0.4, -0.2) is 34.8 Å². The van der Waals surface area contributed by atoms with Crippen molar-refractivity contribution >= 4 is 17.7 Å². The summed E-state index contributed by atoms with van der Waals surface area (Å²) < 4.78 is 13.5. The normalized spacial score (nSPS) is 23.0. The molecule has 0 bridgehead atoms. The van der Waals surface area contributed by atoms with Crippen LogP contribution in [0.3, 0.4) is 0 Å². The molecule has 1 rings (SSSR count). The molecule has 3 N–H and O–H groups in total. The second-order valence-electron chi connectivity index (χ2n) is 3.65. The zero-order valence-corrected chi connectivity index (χ0v) is 8.80. The quantitative estimate of drug-likeness (QED) is 0.750. The molecule has 5 heteroatoms. The van der Waals surface area contributed by atoms with Gasteiger partial charge in [0.25, 0.3) is 0 Å². The van der Waals surface area contributed by atoms with E-state index < -0.39 is 18.2 Å². The molecule has 1 heterocycles. The predicted octanol–water partition coefficient (Wildman–Crippen LogP) is 1.27. The van der Waals surface area contributed by atoms with Crippen LogP contribution in [0.2, 0.25) is 0 Å². The summed E-state index contributed by atoms with van der Waals surface area (Å²) in [6.45, 7) is 0. The minimum atomic E-state index is -1.11. The fourth-order valence-corrected chi connectivity index (χ4v) is 2.76. The van der Waals surface area contributed by atoms with Crippen molar-refractivity contribution in [2.45, 2.75) is 31.5 Å². The molecule has 1 saturated heterocycles. The molecule has 82 valence electrons. The molecule has 14 heavy (non-hydrogen) atoms. The van der Waals surface area contributed by atoms with Gasteiger partial charge in [-0.15, -0.1) is 0 Å². The van der Waals surface area contributed by atoms with Gasteiger partial charge in [0.2, 0.25) is 0 Å². The first-order valence-corrected chi connectivity index (χ1v) is 5.97. The molecule has 1 fully saturated rings. The lowest BCUT2D eigenvalue weighted by Crippen LogP contribution is -2.35. The van der Waals surface area contributed by atoms with Gasteiger partial charge in [0.15, 0.2) is 0 Å². The van der Waals surface area contributed by atoms with Crippen molar-refractivity contribution in [3.8, 4) is 0 Å². The van der Waals surface area contributed by atoms with Gasteiger partial charge in [0, 0.05) is 6.42 Å². The molecular weight excluding hydrogens is 205 g/mol. The standard InChI is InChI=1S/C9H16FNO2S/c10-7(5-8(11)9(12)13)6-1-3-14-4-2-6/h6-8H,1-5,11H2,(H,12,13). The van der Waals surface area contributed by atoms with Crippen LogP contribution >= 0.6 is 11.8 Å². The van der Waals surface area contributed by atoms with Crippen LogP contribution in [0, 0.1) is 5.92 Å². The molecule has 0 aromatic rings. The van der Waals surface area contributed by atoms with E-state index in [9.17, 15) is 9.18 Å². The Morgan fingerprint density at radius 3 is 2.64 bits per heavy atom. The molecule has 0 aliphatic carbocycles. The number of alkyl halides is 1. The van der Waals surface area contributed by atoms with Gasteiger partial charge in [-0.2, -0.15) is 11.8 Å². The highest BCUT2D eigenvalue weighted by atomic mass is 32.2. The molecule has 0 spiro atoms. The Labute approximate surface area is 87.2 Å². The number of nitrogens with two attached hydrogens (primary N) is 1. The van der Waals surface area contributed by atoms with E-state index in [1.807, 2.05) is 11.8 Å². The molecule has 0 aromatic carbocycles. The number of hydrogen-bond acceptors (Lipinski definition) is 3. The molecule has 0 aromatic heterocycles. The van der Waals surface area contributed by atoms with Gasteiger partial charge < -0.3 is 10.8 Å². The van der Waals surface area contributed by atoms with Crippen LogP contribution in [0.25, 0.3) is 0 Å². The van der Waals surface area contributed by atoms with E-state index in [1.54, 1.807) is 0 Å². The SMILES string of the molecule is NC(CC(F)C1CCSCC1)C(=O)O. The molecule has 1 aliphatic rings. The number of aliphatic carboxylic acids is 1. The highest BCUT2D eigenvalue weighted by molar-refractivity contribution is 7.99. The van der Waals surface area contributed by atoms with Crippen molar-refractivity contribution < 1.29 is 14.3 Å². The van der Waals surface area contributed by atoms with Crippen molar-refractivity contribution in [3.05, 3.63) is 0 Å². The van der Waals surface area contributed by atoms with Gasteiger partial charge in [0.05, 0.1) is 0 Å². The molecule has 0 amide bonds. The van der Waals surface area contributed by atoms with Gasteiger partial charge in [-0.25, -0.2) is 4.39 Å². The van der Waals surface area contributed by atoms with E-state index in [1.165, 1.54) is 0 Å². The summed E-state index contributed by atoms with van der Waals surface area (Å²) in [4.78, 5) is 10.4. The molecule has 2 unspecified atom stereocenters. The Hall–Kier alpha value is -0.290. The number of halogens is 1. The lowest BCUT2D eigenvalue weighted by atomic mass is 9.93. The Bertz CT molecular complexity index is 197. The lowest BCUT2D eigenvalue weighted by molar-refractivity contribution is -0.139. The summed E-state index contributed by atoms with van der Waals surface area (Å²) >= 11 is 1.83. The summed E-state index contributed by atoms with van der Waals surface area (Å²) in [6, 6.07) is -1.06. The molecular formula is C9H16FNO2S. The maximum atomic E-state index is 13.5. The van der Waals surface area contributed by atoms with Crippen molar-refractivity contribution in [1.29, 1.82) is 0 Å². The van der Waals surface area contributed by atoms with E-state index in [2.05, 4.69) is 0 Å². The zero-order valence-electron chi connectivity index (χ0n) is 7.99. The average Bonchev–Trinajstić information content (AvgIpc) is 2.19. The van der Waals surface area contributed by atoms with Crippen LogP contribution < -0.4 is 5.73 Å². The lowest BCUT2D eigenvalue weighted by Gasteiger charge is -2.25. The zero-order chi connectivity index (χ0) is 10.6. The average molecular weight is 221 g/mol. The largest absolute Gasteiger partial charge is 0.480 e. The number of carboxylic acids is 1. The van der Waals surface area contributed by atoms with Crippen LogP contribution in [0.5, 0.6) is 0 Å². The summed E-state index contributed by atoms with van der Waals surface area (Å²) in [5.41, 5.74) is 5.28. The Kier molecular flexibility index (Phi) is 4.68. The third kappa shape index (κ3) is 3.46. The first kappa shape index (κ1) is 11.8. The highest BCUT2D eigenvalue weighted by Gasteiger charge is 2.27. The monoisotopic (exact) mass is 221 g/mol. The molecule has 0 radical (unpaired) electrons. The summed E-state index contributed by atoms with van der Waals surface area (Å²) in [6.07, 6.45) is 0.586. The topological polar surface area (TPSA) is 63.3 Å². The van der Waals surface area contributed by atoms with Crippen LogP contribution in [-0.2, 0) is 4.79 Å². The molecule has 1 aliphatic heterocycles. The first-order valence-electron chi connectivity index (χ1n) is 4.81. The fraction of sp³-hybridized carbons (Fsp3) is 0.889. The van der Waals surface area contributed by atoms with E-state index in [4.69, 9.17) is 10.8 Å². The van der Waals surface area contributed by atoms with E-state index in [0.29, 0.717) is 0 Å². The third-order valence-corrected chi connectivity index (χ3v) is 3.62. The first-order chi connectivity index (χ1) is 6.61. The number of thioether (sulfide) groups is 1. The Balaban J connectivity index is 2.32. The van der Waals surface area contributed by atoms with Crippen molar-refractivity contribution in [2.75, 3.05) is 11.5 Å². The second kappa shape index (κ2) is 5.56. The summed E-state index contributed by atoms with van der Waals surface area (Å²) in [5.74, 6) is 0.861. The van der Waals surface area contributed by atoms with E-state index in [-0.39, 0.29) is 12.3 Å². The van der Waals surface area contributed by atoms with E-state index >= 15 is 0 Å². The minimum Gasteiger partial charge on any atom is -0.480 e. The maximum absolute atomic E-state index is 13.5.